The van der Waals surface area contributed by atoms with E-state index in [9.17, 15) is 38.4 Å². The quantitative estimate of drug-likeness (QED) is 0.0682. The van der Waals surface area contributed by atoms with Crippen molar-refractivity contribution in [3.05, 3.63) is 108 Å². The van der Waals surface area contributed by atoms with Gasteiger partial charge in [0, 0.05) is 43.8 Å². The van der Waals surface area contributed by atoms with Gasteiger partial charge in [-0.05, 0) is 200 Å². The second-order valence-corrected chi connectivity index (χ2v) is 29.0. The number of hydrogen-bond donors (Lipinski definition) is 4. The monoisotopic (exact) mass is 1280 g/mol. The summed E-state index contributed by atoms with van der Waals surface area (Å²) in [6, 6.07) is 29.0. The van der Waals surface area contributed by atoms with Crippen molar-refractivity contribution in [2.75, 3.05) is 0 Å². The summed E-state index contributed by atoms with van der Waals surface area (Å²) in [5, 5.41) is 17.7. The number of carbonyl (C=O) groups is 8. The number of ether oxygens (including phenoxy) is 7. The zero-order valence-electron chi connectivity index (χ0n) is 57.1. The van der Waals surface area contributed by atoms with E-state index in [4.69, 9.17) is 38.3 Å². The van der Waals surface area contributed by atoms with Gasteiger partial charge >= 0.3 is 48.1 Å². The van der Waals surface area contributed by atoms with Crippen molar-refractivity contribution < 1.29 is 76.6 Å². The highest BCUT2D eigenvalue weighted by molar-refractivity contribution is 5.73. The Balaban J connectivity index is 0.000000264. The fourth-order valence-electron chi connectivity index (χ4n) is 11.8. The molecule has 8 atom stereocenters. The van der Waals surface area contributed by atoms with Crippen LogP contribution < -0.4 is 16.0 Å². The third kappa shape index (κ3) is 36.2. The number of benzene rings is 3. The number of hydrogen-bond acceptors (Lipinski definition) is 15. The van der Waals surface area contributed by atoms with E-state index in [1.807, 2.05) is 174 Å². The number of carboxylic acids is 1. The molecule has 512 valence electrons. The number of amides is 3. The zero-order chi connectivity index (χ0) is 67.9. The molecule has 0 radical (unpaired) electrons. The summed E-state index contributed by atoms with van der Waals surface area (Å²) in [6.45, 7) is 23.2. The Kier molecular flexibility index (Phi) is 32.5. The molecule has 0 bridgehead atoms. The average molecular weight is 1280 g/mol. The maximum absolute atomic E-state index is 12.0. The SMILES string of the molecule is CC(C)(C)OC(=O)C[C@H]1CCC[C@@H](C(=O)O)C1.CC(C)(C)OC(=O)C[C@H]1CCC[C@@H](NC(=O)OCc2ccccc2)C1.CC(C)(C)OC(=O)C[C@H]1CCC[C@@H](NC(=O)OCc2ccccc2)C1.CC(C)(C)OC(=O)C[C@H]1CCC[C@@H](NC(=O)OCc2ccccc2)C1. The second-order valence-electron chi connectivity index (χ2n) is 29.0. The molecule has 0 saturated heterocycles. The van der Waals surface area contributed by atoms with Crippen LogP contribution in [0, 0.1) is 29.6 Å². The molecule has 92 heavy (non-hydrogen) atoms. The zero-order valence-corrected chi connectivity index (χ0v) is 57.1. The summed E-state index contributed by atoms with van der Waals surface area (Å²) in [7, 11) is 0. The van der Waals surface area contributed by atoms with Gasteiger partial charge in [-0.2, -0.15) is 0 Å². The Morgan fingerprint density at radius 1 is 0.359 bits per heavy atom. The summed E-state index contributed by atoms with van der Waals surface area (Å²) in [5.41, 5.74) is 1.06. The topological polar surface area (TPSA) is 257 Å². The third-order valence-corrected chi connectivity index (χ3v) is 15.6. The van der Waals surface area contributed by atoms with Crippen LogP contribution in [0.25, 0.3) is 0 Å². The average Bonchev–Trinajstić information content (AvgIpc) is 1.68. The molecular formula is C73H109N3O16. The molecule has 19 heteroatoms. The number of esters is 4. The Hall–Kier alpha value is -7.18. The molecule has 4 saturated carbocycles. The predicted molar refractivity (Wildman–Crippen MR) is 351 cm³/mol. The Bertz CT molecular complexity index is 2470. The van der Waals surface area contributed by atoms with Crippen LogP contribution in [0.15, 0.2) is 91.0 Å². The lowest BCUT2D eigenvalue weighted by Gasteiger charge is -2.30. The molecule has 3 amide bonds. The molecule has 4 N–H and O–H groups in total. The van der Waals surface area contributed by atoms with Crippen molar-refractivity contribution in [2.45, 2.75) is 272 Å². The van der Waals surface area contributed by atoms with E-state index in [2.05, 4.69) is 16.0 Å². The van der Waals surface area contributed by atoms with Gasteiger partial charge in [-0.3, -0.25) is 24.0 Å². The molecule has 0 unspecified atom stereocenters. The van der Waals surface area contributed by atoms with E-state index >= 15 is 0 Å². The molecule has 3 aromatic rings. The van der Waals surface area contributed by atoms with Crippen LogP contribution in [0.5, 0.6) is 0 Å². The fraction of sp³-hybridized carbons (Fsp3) is 0.644. The van der Waals surface area contributed by atoms with Crippen LogP contribution >= 0.6 is 0 Å². The van der Waals surface area contributed by atoms with Crippen molar-refractivity contribution in [1.82, 2.24) is 16.0 Å². The Morgan fingerprint density at radius 2 is 0.598 bits per heavy atom. The first-order valence-electron chi connectivity index (χ1n) is 33.2. The van der Waals surface area contributed by atoms with Crippen LogP contribution in [0.2, 0.25) is 0 Å². The number of rotatable bonds is 18. The molecule has 3 aromatic carbocycles. The van der Waals surface area contributed by atoms with E-state index in [1.165, 1.54) is 0 Å². The van der Waals surface area contributed by atoms with Gasteiger partial charge in [-0.25, -0.2) is 14.4 Å². The van der Waals surface area contributed by atoms with Crippen molar-refractivity contribution in [3.8, 4) is 0 Å². The number of aliphatic carboxylic acids is 1. The third-order valence-electron chi connectivity index (χ3n) is 15.6. The summed E-state index contributed by atoms with van der Waals surface area (Å²) >= 11 is 0. The molecule has 4 aliphatic rings. The van der Waals surface area contributed by atoms with Crippen LogP contribution in [-0.2, 0) is 77.0 Å². The van der Waals surface area contributed by atoms with Gasteiger partial charge in [0.2, 0.25) is 0 Å². The second kappa shape index (κ2) is 38.7. The van der Waals surface area contributed by atoms with Gasteiger partial charge in [0.05, 0.1) is 5.92 Å². The minimum atomic E-state index is -0.737. The maximum Gasteiger partial charge on any atom is 0.407 e. The van der Waals surface area contributed by atoms with Gasteiger partial charge in [-0.15, -0.1) is 0 Å². The molecule has 0 spiro atoms. The lowest BCUT2D eigenvalue weighted by molar-refractivity contribution is -0.158. The largest absolute Gasteiger partial charge is 0.481 e. The minimum absolute atomic E-state index is 0.0597. The maximum atomic E-state index is 12.0. The lowest BCUT2D eigenvalue weighted by Crippen LogP contribution is -2.39. The van der Waals surface area contributed by atoms with Crippen LogP contribution in [0.3, 0.4) is 0 Å². The normalized spacial score (nSPS) is 21.5. The molecule has 4 fully saturated rings. The highest BCUT2D eigenvalue weighted by Gasteiger charge is 2.32. The van der Waals surface area contributed by atoms with E-state index < -0.39 is 46.7 Å². The van der Waals surface area contributed by atoms with Gasteiger partial charge in [0.25, 0.3) is 0 Å². The first-order valence-corrected chi connectivity index (χ1v) is 33.2. The first kappa shape index (κ1) is 77.3. The summed E-state index contributed by atoms with van der Waals surface area (Å²) in [6.07, 6.45) is 14.7. The molecule has 0 aliphatic heterocycles. The lowest BCUT2D eigenvalue weighted by atomic mass is 9.80. The van der Waals surface area contributed by atoms with Gasteiger partial charge in [-0.1, -0.05) is 117 Å². The Morgan fingerprint density at radius 3 is 0.837 bits per heavy atom. The smallest absolute Gasteiger partial charge is 0.407 e. The van der Waals surface area contributed by atoms with E-state index in [0.717, 1.165) is 113 Å². The molecule has 19 nitrogen and oxygen atoms in total. The number of carboxylic acid groups (broad SMARTS) is 1. The first-order chi connectivity index (χ1) is 43.2. The highest BCUT2D eigenvalue weighted by Crippen LogP contribution is 2.33. The standard InChI is InChI=1S/3C20H29NO4.C13H22O4/c3*1-20(2,3)25-18(22)13-16-10-7-11-17(12-16)21-19(23)24-14-15-8-5-4-6-9-15;1-13(2,3)17-11(14)8-9-5-4-6-10(7-9)12(15)16/h3*4-6,8-9,16-17H,7,10-14H2,1-3H3,(H,21,23);9-10H,4-8H2,1-3H3,(H,15,16)/t3*16-,17+;9-,10+/m0000/s1. The number of nitrogens with one attached hydrogen (secondary N) is 3. The highest BCUT2D eigenvalue weighted by atomic mass is 16.6. The van der Waals surface area contributed by atoms with Crippen molar-refractivity contribution in [2.24, 2.45) is 29.6 Å². The van der Waals surface area contributed by atoms with Gasteiger partial charge in [0.15, 0.2) is 0 Å². The minimum Gasteiger partial charge on any atom is -0.481 e. The predicted octanol–water partition coefficient (Wildman–Crippen LogP) is 15.2. The Labute approximate surface area is 547 Å². The number of alkyl carbamates (subject to hydrolysis) is 3. The fourth-order valence-corrected chi connectivity index (χ4v) is 11.8. The van der Waals surface area contributed by atoms with Crippen molar-refractivity contribution in [3.63, 3.8) is 0 Å². The molecule has 0 heterocycles. The van der Waals surface area contributed by atoms with Crippen LogP contribution in [0.4, 0.5) is 14.4 Å². The van der Waals surface area contributed by atoms with Gasteiger partial charge in [0.1, 0.15) is 42.2 Å². The van der Waals surface area contributed by atoms with E-state index in [1.54, 1.807) is 0 Å². The summed E-state index contributed by atoms with van der Waals surface area (Å²) in [5.74, 6) is -0.795. The summed E-state index contributed by atoms with van der Waals surface area (Å²) in [4.78, 5) is 94.4. The van der Waals surface area contributed by atoms with Crippen molar-refractivity contribution >= 4 is 48.1 Å². The molecule has 4 aliphatic carbocycles. The van der Waals surface area contributed by atoms with E-state index in [-0.39, 0.29) is 91.4 Å². The van der Waals surface area contributed by atoms with Crippen LogP contribution in [-0.4, -0.2) is 93.8 Å². The summed E-state index contributed by atoms with van der Waals surface area (Å²) < 4.78 is 37.2. The molecule has 0 aromatic heterocycles. The van der Waals surface area contributed by atoms with Gasteiger partial charge < -0.3 is 54.2 Å². The molecular weight excluding hydrogens is 1170 g/mol. The molecule has 7 rings (SSSR count). The van der Waals surface area contributed by atoms with Crippen molar-refractivity contribution in [1.29, 1.82) is 0 Å². The number of carbonyl (C=O) groups excluding carboxylic acids is 7. The van der Waals surface area contributed by atoms with E-state index in [0.29, 0.717) is 32.1 Å². The van der Waals surface area contributed by atoms with Crippen LogP contribution in [0.1, 0.15) is 228 Å².